The molecule has 0 unspecified atom stereocenters. The van der Waals surface area contributed by atoms with Gasteiger partial charge in [0, 0.05) is 13.1 Å². The number of pyridine rings is 1. The lowest BCUT2D eigenvalue weighted by atomic mass is 10.3. The molecule has 0 saturated heterocycles. The molecule has 0 amide bonds. The highest BCUT2D eigenvalue weighted by Crippen LogP contribution is 2.10. The van der Waals surface area contributed by atoms with Crippen molar-refractivity contribution in [2.75, 3.05) is 0 Å². The molecule has 0 aliphatic rings. The Hall–Kier alpha value is -1.71. The van der Waals surface area contributed by atoms with Crippen LogP contribution in [-0.2, 0) is 0 Å². The quantitative estimate of drug-likeness (QED) is 0.636. The lowest BCUT2D eigenvalue weighted by Gasteiger charge is -1.88. The molecule has 60 valence electrons. The molecule has 2 rings (SSSR count). The third-order valence-electron chi connectivity index (χ3n) is 1.37. The van der Waals surface area contributed by atoms with Crippen molar-refractivity contribution < 1.29 is 5.89 Å². The third kappa shape index (κ3) is 1.18. The monoisotopic (exact) mass is 162 g/mol. The Morgan fingerprint density at radius 1 is 1.50 bits per heavy atom. The first-order valence-electron chi connectivity index (χ1n) is 4.00. The van der Waals surface area contributed by atoms with Gasteiger partial charge in [0.15, 0.2) is 0 Å². The summed E-state index contributed by atoms with van der Waals surface area (Å²) in [6.07, 6.45) is 0.194. The van der Waals surface area contributed by atoms with Gasteiger partial charge in [-0.05, 0) is 12.1 Å². The molecule has 4 nitrogen and oxygen atoms in total. The highest BCUT2D eigenvalue weighted by atomic mass is 16.5. The molecule has 4 heteroatoms. The molecule has 0 fully saturated rings. The van der Waals surface area contributed by atoms with E-state index in [-0.39, 0.29) is 6.17 Å². The zero-order valence-corrected chi connectivity index (χ0v) is 6.48. The predicted molar refractivity (Wildman–Crippen MR) is 42.3 cm³/mol. The Bertz CT molecular complexity index is 427. The SMILES string of the molecule is [2H]c1cccc(-c2noc(C)n2)n1. The van der Waals surface area contributed by atoms with Gasteiger partial charge < -0.3 is 4.52 Å². The summed E-state index contributed by atoms with van der Waals surface area (Å²) in [5.41, 5.74) is 0.560. The second kappa shape index (κ2) is 2.73. The van der Waals surface area contributed by atoms with E-state index in [1.807, 2.05) is 0 Å². The number of nitrogens with zero attached hydrogens (tertiary/aromatic N) is 3. The van der Waals surface area contributed by atoms with Crippen LogP contribution in [0, 0.1) is 6.92 Å². The maximum atomic E-state index is 7.29. The van der Waals surface area contributed by atoms with Crippen molar-refractivity contribution in [3.05, 3.63) is 30.3 Å². The molecule has 12 heavy (non-hydrogen) atoms. The largest absolute Gasteiger partial charge is 0.339 e. The van der Waals surface area contributed by atoms with Crippen molar-refractivity contribution in [2.24, 2.45) is 0 Å². The van der Waals surface area contributed by atoms with Gasteiger partial charge in [-0.15, -0.1) is 0 Å². The number of hydrogen-bond acceptors (Lipinski definition) is 4. The number of aromatic nitrogens is 3. The van der Waals surface area contributed by atoms with Crippen LogP contribution in [0.1, 0.15) is 7.26 Å². The molecule has 2 heterocycles. The molecule has 2 aromatic rings. The van der Waals surface area contributed by atoms with Gasteiger partial charge in [0.1, 0.15) is 5.69 Å². The Balaban J connectivity index is 2.46. The first kappa shape index (κ1) is 5.88. The molecule has 0 atom stereocenters. The first-order chi connectivity index (χ1) is 6.25. The summed E-state index contributed by atoms with van der Waals surface area (Å²) < 4.78 is 12.1. The molecular weight excluding hydrogens is 154 g/mol. The zero-order chi connectivity index (χ0) is 9.26. The normalized spacial score (nSPS) is 11.2. The van der Waals surface area contributed by atoms with E-state index in [4.69, 9.17) is 5.89 Å². The third-order valence-corrected chi connectivity index (χ3v) is 1.37. The lowest BCUT2D eigenvalue weighted by Crippen LogP contribution is -1.83. The highest BCUT2D eigenvalue weighted by molar-refractivity contribution is 5.46. The Labute approximate surface area is 70.7 Å². The summed E-state index contributed by atoms with van der Waals surface area (Å²) in [4.78, 5) is 7.94. The summed E-state index contributed by atoms with van der Waals surface area (Å²) >= 11 is 0. The van der Waals surface area contributed by atoms with Gasteiger partial charge in [-0.1, -0.05) is 11.2 Å². The molecule has 0 radical (unpaired) electrons. The second-order valence-electron chi connectivity index (χ2n) is 2.29. The van der Waals surface area contributed by atoms with Crippen LogP contribution >= 0.6 is 0 Å². The van der Waals surface area contributed by atoms with Gasteiger partial charge in [-0.2, -0.15) is 4.98 Å². The Morgan fingerprint density at radius 3 is 3.08 bits per heavy atom. The van der Waals surface area contributed by atoms with Crippen LogP contribution in [0.2, 0.25) is 0 Å². The van der Waals surface area contributed by atoms with Gasteiger partial charge >= 0.3 is 0 Å². The van der Waals surface area contributed by atoms with Crippen molar-refractivity contribution >= 4 is 0 Å². The molecule has 0 N–H and O–H groups in total. The van der Waals surface area contributed by atoms with E-state index in [1.165, 1.54) is 0 Å². The standard InChI is InChI=1S/C8H7N3O/c1-6-10-8(11-12-6)7-4-2-3-5-9-7/h2-5H,1H3/i5D. The van der Waals surface area contributed by atoms with Crippen LogP contribution in [0.25, 0.3) is 11.5 Å². The summed E-state index contributed by atoms with van der Waals surface area (Å²) in [6.45, 7) is 1.71. The van der Waals surface area contributed by atoms with E-state index >= 15 is 0 Å². The first-order valence-corrected chi connectivity index (χ1v) is 3.50. The summed E-state index contributed by atoms with van der Waals surface area (Å²) in [5, 5.41) is 3.70. The fraction of sp³-hybridized carbons (Fsp3) is 0.125. The van der Waals surface area contributed by atoms with Crippen molar-refractivity contribution in [1.82, 2.24) is 15.1 Å². The molecule has 2 aromatic heterocycles. The van der Waals surface area contributed by atoms with Gasteiger partial charge in [-0.25, -0.2) is 0 Å². The van der Waals surface area contributed by atoms with E-state index < -0.39 is 0 Å². The average Bonchev–Trinajstić information content (AvgIpc) is 2.52. The summed E-state index contributed by atoms with van der Waals surface area (Å²) in [7, 11) is 0. The van der Waals surface area contributed by atoms with Crippen molar-refractivity contribution in [3.63, 3.8) is 0 Å². The summed E-state index contributed by atoms with van der Waals surface area (Å²) in [6, 6.07) is 5.06. The molecule has 0 aliphatic carbocycles. The minimum absolute atomic E-state index is 0.194. The topological polar surface area (TPSA) is 51.8 Å². The van der Waals surface area contributed by atoms with Gasteiger partial charge in [-0.3, -0.25) is 4.98 Å². The summed E-state index contributed by atoms with van der Waals surface area (Å²) in [5.74, 6) is 0.916. The van der Waals surface area contributed by atoms with Crippen LogP contribution < -0.4 is 0 Å². The van der Waals surface area contributed by atoms with Gasteiger partial charge in [0.2, 0.25) is 11.7 Å². The van der Waals surface area contributed by atoms with E-state index in [0.29, 0.717) is 17.4 Å². The minimum Gasteiger partial charge on any atom is -0.339 e. The molecule has 0 aliphatic heterocycles. The van der Waals surface area contributed by atoms with Crippen molar-refractivity contribution in [1.29, 1.82) is 0 Å². The van der Waals surface area contributed by atoms with E-state index in [9.17, 15) is 0 Å². The Kier molecular flexibility index (Phi) is 1.34. The van der Waals surface area contributed by atoms with Gasteiger partial charge in [0.25, 0.3) is 0 Å². The highest BCUT2D eigenvalue weighted by Gasteiger charge is 2.04. The van der Waals surface area contributed by atoms with Crippen molar-refractivity contribution in [3.8, 4) is 11.5 Å². The zero-order valence-electron chi connectivity index (χ0n) is 7.48. The van der Waals surface area contributed by atoms with E-state index in [2.05, 4.69) is 15.1 Å². The molecular formula is C8H7N3O. The molecule has 0 aromatic carbocycles. The predicted octanol–water partition coefficient (Wildman–Crippen LogP) is 1.44. The molecule has 0 bridgehead atoms. The van der Waals surface area contributed by atoms with Crippen LogP contribution in [0.4, 0.5) is 0 Å². The second-order valence-corrected chi connectivity index (χ2v) is 2.29. The number of hydrogen-bond donors (Lipinski definition) is 0. The van der Waals surface area contributed by atoms with Crippen LogP contribution in [0.15, 0.2) is 28.9 Å². The fourth-order valence-corrected chi connectivity index (χ4v) is 0.854. The van der Waals surface area contributed by atoms with Crippen molar-refractivity contribution in [2.45, 2.75) is 6.92 Å². The maximum Gasteiger partial charge on any atom is 0.223 e. The van der Waals surface area contributed by atoms with Crippen LogP contribution in [0.5, 0.6) is 0 Å². The average molecular weight is 162 g/mol. The minimum atomic E-state index is 0.194. The maximum absolute atomic E-state index is 7.29. The molecule has 0 spiro atoms. The Morgan fingerprint density at radius 2 is 2.42 bits per heavy atom. The van der Waals surface area contributed by atoms with E-state index in [0.717, 1.165) is 0 Å². The lowest BCUT2D eigenvalue weighted by molar-refractivity contribution is 0.394. The molecule has 0 saturated carbocycles. The van der Waals surface area contributed by atoms with Gasteiger partial charge in [0.05, 0.1) is 1.37 Å². The fourth-order valence-electron chi connectivity index (χ4n) is 0.854. The number of rotatable bonds is 1. The van der Waals surface area contributed by atoms with Crippen LogP contribution in [-0.4, -0.2) is 15.1 Å². The smallest absolute Gasteiger partial charge is 0.223 e. The number of aryl methyl sites for hydroxylation is 1. The van der Waals surface area contributed by atoms with E-state index in [1.54, 1.807) is 25.1 Å². The van der Waals surface area contributed by atoms with Crippen LogP contribution in [0.3, 0.4) is 0 Å².